The number of imidazole rings is 1. The van der Waals surface area contributed by atoms with E-state index in [0.29, 0.717) is 17.6 Å². The number of alkyl halides is 3. The number of nitrogens with two attached hydrogens (primary N) is 1. The van der Waals surface area contributed by atoms with Gasteiger partial charge in [0.15, 0.2) is 0 Å². The third kappa shape index (κ3) is 2.27. The molecule has 0 saturated carbocycles. The molecular formula is C12H14F3N3. The fourth-order valence-corrected chi connectivity index (χ4v) is 1.90. The molecule has 0 bridgehead atoms. The Morgan fingerprint density at radius 3 is 2.67 bits per heavy atom. The summed E-state index contributed by atoms with van der Waals surface area (Å²) in [6.07, 6.45) is -0.918. The van der Waals surface area contributed by atoms with Crippen molar-refractivity contribution >= 4 is 16.7 Å². The summed E-state index contributed by atoms with van der Waals surface area (Å²) in [5.41, 5.74) is 5.94. The van der Waals surface area contributed by atoms with Gasteiger partial charge in [0.2, 0.25) is 0 Å². The largest absolute Gasteiger partial charge is 0.416 e. The van der Waals surface area contributed by atoms with Crippen LogP contribution in [0.4, 0.5) is 18.9 Å². The molecule has 0 spiro atoms. The molecule has 2 rings (SSSR count). The number of aryl methyl sites for hydroxylation is 1. The first-order chi connectivity index (χ1) is 8.43. The fourth-order valence-electron chi connectivity index (χ4n) is 1.90. The summed E-state index contributed by atoms with van der Waals surface area (Å²) < 4.78 is 39.6. The maximum atomic E-state index is 12.6. The van der Waals surface area contributed by atoms with Gasteiger partial charge >= 0.3 is 6.18 Å². The Labute approximate surface area is 102 Å². The van der Waals surface area contributed by atoms with Crippen LogP contribution in [0.15, 0.2) is 18.5 Å². The number of rotatable bonds is 3. The van der Waals surface area contributed by atoms with Gasteiger partial charge in [-0.25, -0.2) is 4.98 Å². The minimum absolute atomic E-state index is 0.119. The zero-order valence-corrected chi connectivity index (χ0v) is 9.96. The molecule has 2 N–H and O–H groups in total. The third-order valence-electron chi connectivity index (χ3n) is 2.82. The fraction of sp³-hybridized carbons (Fsp3) is 0.417. The van der Waals surface area contributed by atoms with Crippen LogP contribution < -0.4 is 5.73 Å². The Balaban J connectivity index is 2.50. The molecule has 1 aromatic heterocycles. The second-order valence-electron chi connectivity index (χ2n) is 4.22. The first-order valence-electron chi connectivity index (χ1n) is 5.75. The molecule has 0 saturated heterocycles. The number of nitrogen functional groups attached to an aromatic ring is 1. The first kappa shape index (κ1) is 12.7. The summed E-state index contributed by atoms with van der Waals surface area (Å²) in [7, 11) is 0. The van der Waals surface area contributed by atoms with Crippen LogP contribution in [0.2, 0.25) is 0 Å². The van der Waals surface area contributed by atoms with Crippen LogP contribution in [0.1, 0.15) is 25.3 Å². The second-order valence-corrected chi connectivity index (χ2v) is 4.22. The van der Waals surface area contributed by atoms with Crippen molar-refractivity contribution in [1.29, 1.82) is 0 Å². The van der Waals surface area contributed by atoms with Crippen LogP contribution in [0, 0.1) is 0 Å². The average Bonchev–Trinajstić information content (AvgIpc) is 2.68. The molecule has 0 aliphatic rings. The molecule has 0 aliphatic heterocycles. The maximum Gasteiger partial charge on any atom is 0.416 e. The molecule has 0 unspecified atom stereocenters. The lowest BCUT2D eigenvalue weighted by molar-refractivity contribution is -0.137. The van der Waals surface area contributed by atoms with E-state index in [1.165, 1.54) is 6.33 Å². The minimum Gasteiger partial charge on any atom is -0.397 e. The molecule has 0 amide bonds. The van der Waals surface area contributed by atoms with Gasteiger partial charge in [0.1, 0.15) is 0 Å². The van der Waals surface area contributed by atoms with Crippen molar-refractivity contribution in [2.45, 2.75) is 32.5 Å². The van der Waals surface area contributed by atoms with Gasteiger partial charge in [-0.1, -0.05) is 13.3 Å². The van der Waals surface area contributed by atoms with Gasteiger partial charge in [0.25, 0.3) is 0 Å². The Morgan fingerprint density at radius 2 is 2.06 bits per heavy atom. The van der Waals surface area contributed by atoms with Crippen molar-refractivity contribution in [3.63, 3.8) is 0 Å². The lowest BCUT2D eigenvalue weighted by atomic mass is 10.1. The molecule has 1 aromatic carbocycles. The summed E-state index contributed by atoms with van der Waals surface area (Å²) in [6.45, 7) is 2.76. The number of benzene rings is 1. The Hall–Kier alpha value is -1.72. The zero-order chi connectivity index (χ0) is 13.3. The molecule has 1 heterocycles. The topological polar surface area (TPSA) is 43.8 Å². The number of hydrogen-bond acceptors (Lipinski definition) is 2. The van der Waals surface area contributed by atoms with Crippen LogP contribution >= 0.6 is 0 Å². The van der Waals surface area contributed by atoms with E-state index in [9.17, 15) is 13.2 Å². The SMILES string of the molecule is CCCCn1cnc2cc(C(F)(F)F)cc(N)c21. The van der Waals surface area contributed by atoms with Crippen molar-refractivity contribution < 1.29 is 13.2 Å². The highest BCUT2D eigenvalue weighted by atomic mass is 19.4. The number of halogens is 3. The number of anilines is 1. The molecule has 3 nitrogen and oxygen atoms in total. The van der Waals surface area contributed by atoms with Crippen LogP contribution in [0.5, 0.6) is 0 Å². The van der Waals surface area contributed by atoms with Gasteiger partial charge < -0.3 is 10.3 Å². The molecule has 6 heteroatoms. The summed E-state index contributed by atoms with van der Waals surface area (Å²) >= 11 is 0. The van der Waals surface area contributed by atoms with Gasteiger partial charge in [-0.15, -0.1) is 0 Å². The molecule has 0 radical (unpaired) electrons. The number of aromatic nitrogens is 2. The highest BCUT2D eigenvalue weighted by molar-refractivity contribution is 5.88. The Kier molecular flexibility index (Phi) is 3.19. The monoisotopic (exact) mass is 257 g/mol. The van der Waals surface area contributed by atoms with Crippen molar-refractivity contribution in [3.8, 4) is 0 Å². The quantitative estimate of drug-likeness (QED) is 0.856. The van der Waals surface area contributed by atoms with Gasteiger partial charge in [0, 0.05) is 6.54 Å². The van der Waals surface area contributed by atoms with Crippen molar-refractivity contribution in [2.24, 2.45) is 0 Å². The summed E-state index contributed by atoms with van der Waals surface area (Å²) in [4.78, 5) is 3.99. The molecule has 0 aliphatic carbocycles. The second kappa shape index (κ2) is 4.51. The molecule has 0 atom stereocenters. The van der Waals surface area contributed by atoms with E-state index < -0.39 is 11.7 Å². The van der Waals surface area contributed by atoms with Crippen LogP contribution in [0.3, 0.4) is 0 Å². The number of fused-ring (bicyclic) bond motifs is 1. The maximum absolute atomic E-state index is 12.6. The lowest BCUT2D eigenvalue weighted by Crippen LogP contribution is -2.06. The van der Waals surface area contributed by atoms with Crippen molar-refractivity contribution in [2.75, 3.05) is 5.73 Å². The predicted molar refractivity (Wildman–Crippen MR) is 64.1 cm³/mol. The molecule has 2 aromatic rings. The molecule has 18 heavy (non-hydrogen) atoms. The van der Waals surface area contributed by atoms with E-state index in [0.717, 1.165) is 25.0 Å². The number of unbranched alkanes of at least 4 members (excludes halogenated alkanes) is 1. The van der Waals surface area contributed by atoms with E-state index in [2.05, 4.69) is 4.98 Å². The van der Waals surface area contributed by atoms with Crippen LogP contribution in [0.25, 0.3) is 11.0 Å². The van der Waals surface area contributed by atoms with Gasteiger partial charge in [-0.2, -0.15) is 13.2 Å². The first-order valence-corrected chi connectivity index (χ1v) is 5.75. The zero-order valence-electron chi connectivity index (χ0n) is 9.96. The van der Waals surface area contributed by atoms with Crippen LogP contribution in [-0.2, 0) is 12.7 Å². The highest BCUT2D eigenvalue weighted by Crippen LogP contribution is 2.33. The lowest BCUT2D eigenvalue weighted by Gasteiger charge is -2.09. The van der Waals surface area contributed by atoms with Crippen molar-refractivity contribution in [3.05, 3.63) is 24.0 Å². The van der Waals surface area contributed by atoms with Crippen molar-refractivity contribution in [1.82, 2.24) is 9.55 Å². The summed E-state index contributed by atoms with van der Waals surface area (Å²) in [6, 6.07) is 2.00. The molecule has 0 fully saturated rings. The summed E-state index contributed by atoms with van der Waals surface area (Å²) in [5, 5.41) is 0. The standard InChI is InChI=1S/C12H14F3N3/c1-2-3-4-18-7-17-10-6-8(12(13,14)15)5-9(16)11(10)18/h5-7H,2-4,16H2,1H3. The average molecular weight is 257 g/mol. The smallest absolute Gasteiger partial charge is 0.397 e. The minimum atomic E-state index is -4.39. The van der Waals surface area contributed by atoms with E-state index in [1.807, 2.05) is 6.92 Å². The van der Waals surface area contributed by atoms with E-state index >= 15 is 0 Å². The van der Waals surface area contributed by atoms with Gasteiger partial charge in [-0.3, -0.25) is 0 Å². The highest BCUT2D eigenvalue weighted by Gasteiger charge is 2.31. The normalized spacial score (nSPS) is 12.2. The van der Waals surface area contributed by atoms with Gasteiger partial charge in [0.05, 0.1) is 28.6 Å². The van der Waals surface area contributed by atoms with E-state index in [4.69, 9.17) is 5.73 Å². The predicted octanol–water partition coefficient (Wildman–Crippen LogP) is 3.44. The molecular weight excluding hydrogens is 243 g/mol. The Morgan fingerprint density at radius 1 is 1.33 bits per heavy atom. The molecule has 98 valence electrons. The van der Waals surface area contributed by atoms with E-state index in [-0.39, 0.29) is 5.69 Å². The van der Waals surface area contributed by atoms with Gasteiger partial charge in [-0.05, 0) is 18.6 Å². The van der Waals surface area contributed by atoms with Crippen LogP contribution in [-0.4, -0.2) is 9.55 Å². The van der Waals surface area contributed by atoms with E-state index in [1.54, 1.807) is 4.57 Å². The number of hydrogen-bond donors (Lipinski definition) is 1. The third-order valence-corrected chi connectivity index (χ3v) is 2.82. The number of nitrogens with zero attached hydrogens (tertiary/aromatic N) is 2. The Bertz CT molecular complexity index is 557. The summed E-state index contributed by atoms with van der Waals surface area (Å²) in [5.74, 6) is 0.